The summed E-state index contributed by atoms with van der Waals surface area (Å²) in [5.74, 6) is 0. The molecule has 0 aliphatic rings. The molecule has 0 fully saturated rings. The van der Waals surface area contributed by atoms with Crippen LogP contribution in [-0.4, -0.2) is 0 Å². The van der Waals surface area contributed by atoms with Gasteiger partial charge in [0.2, 0.25) is 0 Å². The highest BCUT2D eigenvalue weighted by atomic mass is 13.9. The first kappa shape index (κ1) is 9.22. The minimum absolute atomic E-state index is 0.993. The zero-order valence-corrected chi connectivity index (χ0v) is 6.98. The Morgan fingerprint density at radius 3 is 1.50 bits per heavy atom. The second-order valence-corrected chi connectivity index (χ2v) is 2.79. The molecule has 0 heteroatoms. The molecule has 0 aliphatic carbocycles. The number of hydrogen-bond acceptors (Lipinski definition) is 0. The summed E-state index contributed by atoms with van der Waals surface area (Å²) in [6, 6.07) is 0. The normalized spacial score (nSPS) is 10.2. The Balaban J connectivity index is 3.38. The molecule has 0 aromatic carbocycles. The fourth-order valence-electron chi connectivity index (χ4n) is 0.569. The molecule has 0 N–H and O–H groups in total. The average molecular weight is 136 g/mol. The molecule has 0 aromatic rings. The van der Waals surface area contributed by atoms with Crippen molar-refractivity contribution in [1.29, 1.82) is 0 Å². The van der Waals surface area contributed by atoms with Crippen molar-refractivity contribution in [3.63, 3.8) is 0 Å². The van der Waals surface area contributed by atoms with E-state index in [-0.39, 0.29) is 0 Å². The van der Waals surface area contributed by atoms with Crippen molar-refractivity contribution >= 4 is 0 Å². The Morgan fingerprint density at radius 1 is 1.00 bits per heavy atom. The molecule has 0 aromatic heterocycles. The maximum atomic E-state index is 3.80. The molecule has 0 unspecified atom stereocenters. The third kappa shape index (κ3) is 7.22. The fraction of sp³-hybridized carbons (Fsp3) is 0.400. The van der Waals surface area contributed by atoms with Gasteiger partial charge >= 0.3 is 0 Å². The van der Waals surface area contributed by atoms with Crippen LogP contribution in [0.25, 0.3) is 0 Å². The Bertz CT molecular complexity index is 131. The summed E-state index contributed by atoms with van der Waals surface area (Å²) in [4.78, 5) is 0. The maximum absolute atomic E-state index is 3.80. The highest BCUT2D eigenvalue weighted by Gasteiger charge is 1.80. The number of hydrogen-bond donors (Lipinski definition) is 0. The van der Waals surface area contributed by atoms with E-state index in [1.54, 1.807) is 0 Å². The van der Waals surface area contributed by atoms with Crippen LogP contribution in [0.1, 0.15) is 26.7 Å². The number of rotatable bonds is 4. The van der Waals surface area contributed by atoms with Crippen LogP contribution in [0.15, 0.2) is 36.5 Å². The van der Waals surface area contributed by atoms with Gasteiger partial charge < -0.3 is 0 Å². The maximum Gasteiger partial charge on any atom is -0.0144 e. The van der Waals surface area contributed by atoms with Crippen LogP contribution < -0.4 is 0 Å². The van der Waals surface area contributed by atoms with Crippen LogP contribution in [0.2, 0.25) is 0 Å². The monoisotopic (exact) mass is 136 g/mol. The standard InChI is InChI=1S/C10H16/c1-9(2)7-5-6-8-10(3)4/h5-6H,1,3,7-8H2,2,4H3. The first-order chi connectivity index (χ1) is 4.63. The van der Waals surface area contributed by atoms with Gasteiger partial charge in [-0.25, -0.2) is 0 Å². The summed E-state index contributed by atoms with van der Waals surface area (Å²) in [7, 11) is 0. The van der Waals surface area contributed by atoms with E-state index < -0.39 is 0 Å². The summed E-state index contributed by atoms with van der Waals surface area (Å²) >= 11 is 0. The summed E-state index contributed by atoms with van der Waals surface area (Å²) in [5.41, 5.74) is 2.41. The third-order valence-electron chi connectivity index (χ3n) is 1.10. The van der Waals surface area contributed by atoms with Crippen LogP contribution in [0.5, 0.6) is 0 Å². The van der Waals surface area contributed by atoms with Crippen LogP contribution in [0.3, 0.4) is 0 Å². The molecule has 0 amide bonds. The Kier molecular flexibility index (Phi) is 4.65. The molecule has 56 valence electrons. The molecule has 0 atom stereocenters. The second kappa shape index (κ2) is 5.04. The van der Waals surface area contributed by atoms with Gasteiger partial charge in [0.1, 0.15) is 0 Å². The highest BCUT2D eigenvalue weighted by Crippen LogP contribution is 2.00. The van der Waals surface area contributed by atoms with E-state index in [0.29, 0.717) is 0 Å². The quantitative estimate of drug-likeness (QED) is 0.519. The van der Waals surface area contributed by atoms with Crippen LogP contribution in [0, 0.1) is 0 Å². The fourth-order valence-corrected chi connectivity index (χ4v) is 0.569. The van der Waals surface area contributed by atoms with E-state index in [1.165, 1.54) is 11.1 Å². The van der Waals surface area contributed by atoms with Crippen molar-refractivity contribution in [3.05, 3.63) is 36.5 Å². The zero-order valence-electron chi connectivity index (χ0n) is 6.98. The smallest absolute Gasteiger partial charge is 0.0144 e. The summed E-state index contributed by atoms with van der Waals surface area (Å²) in [5, 5.41) is 0. The van der Waals surface area contributed by atoms with Gasteiger partial charge in [0, 0.05) is 0 Å². The molecular weight excluding hydrogens is 120 g/mol. The molecule has 10 heavy (non-hydrogen) atoms. The van der Waals surface area contributed by atoms with E-state index in [4.69, 9.17) is 0 Å². The lowest BCUT2D eigenvalue weighted by atomic mass is 10.2. The Labute approximate surface area is 64.0 Å². The molecule has 0 rings (SSSR count). The van der Waals surface area contributed by atoms with Gasteiger partial charge in [-0.05, 0) is 26.7 Å². The first-order valence-electron chi connectivity index (χ1n) is 3.56. The van der Waals surface area contributed by atoms with Crippen LogP contribution in [-0.2, 0) is 0 Å². The third-order valence-corrected chi connectivity index (χ3v) is 1.10. The van der Waals surface area contributed by atoms with Crippen molar-refractivity contribution in [2.75, 3.05) is 0 Å². The van der Waals surface area contributed by atoms with E-state index in [9.17, 15) is 0 Å². The van der Waals surface area contributed by atoms with E-state index in [2.05, 4.69) is 25.3 Å². The van der Waals surface area contributed by atoms with Gasteiger partial charge in [0.05, 0.1) is 0 Å². The first-order valence-corrected chi connectivity index (χ1v) is 3.56. The van der Waals surface area contributed by atoms with Crippen molar-refractivity contribution in [2.24, 2.45) is 0 Å². The van der Waals surface area contributed by atoms with Gasteiger partial charge in [-0.15, -0.1) is 0 Å². The van der Waals surface area contributed by atoms with Crippen molar-refractivity contribution in [2.45, 2.75) is 26.7 Å². The number of allylic oxidation sites excluding steroid dienone is 4. The van der Waals surface area contributed by atoms with Crippen LogP contribution in [0.4, 0.5) is 0 Å². The molecular formula is C10H16. The molecule has 0 heterocycles. The molecule has 0 saturated carbocycles. The summed E-state index contributed by atoms with van der Waals surface area (Å²) in [6.45, 7) is 11.7. The highest BCUT2D eigenvalue weighted by molar-refractivity contribution is 5.03. The van der Waals surface area contributed by atoms with Gasteiger partial charge in [0.15, 0.2) is 0 Å². The molecule has 0 bridgehead atoms. The lowest BCUT2D eigenvalue weighted by Gasteiger charge is -1.90. The van der Waals surface area contributed by atoms with Gasteiger partial charge in [-0.2, -0.15) is 0 Å². The minimum atomic E-state index is 0.993. The lowest BCUT2D eigenvalue weighted by Crippen LogP contribution is -1.69. The topological polar surface area (TPSA) is 0 Å². The Morgan fingerprint density at radius 2 is 1.30 bits per heavy atom. The van der Waals surface area contributed by atoms with Crippen LogP contribution >= 0.6 is 0 Å². The van der Waals surface area contributed by atoms with E-state index in [0.717, 1.165) is 12.8 Å². The Hall–Kier alpha value is -0.780. The zero-order chi connectivity index (χ0) is 7.98. The van der Waals surface area contributed by atoms with Crippen molar-refractivity contribution in [1.82, 2.24) is 0 Å². The SMILES string of the molecule is C=C(C)CC=CCC(=C)C. The molecule has 0 saturated heterocycles. The molecule has 0 nitrogen and oxygen atoms in total. The predicted octanol–water partition coefficient (Wildman–Crippen LogP) is 3.48. The average Bonchev–Trinajstić information content (AvgIpc) is 1.79. The minimum Gasteiger partial charge on any atom is -0.0998 e. The largest absolute Gasteiger partial charge is 0.0998 e. The summed E-state index contributed by atoms with van der Waals surface area (Å²) in [6.07, 6.45) is 6.26. The van der Waals surface area contributed by atoms with Crippen molar-refractivity contribution in [3.8, 4) is 0 Å². The molecule has 0 radical (unpaired) electrons. The second-order valence-electron chi connectivity index (χ2n) is 2.79. The molecule has 0 spiro atoms. The van der Waals surface area contributed by atoms with E-state index in [1.807, 2.05) is 13.8 Å². The predicted molar refractivity (Wildman–Crippen MR) is 48.0 cm³/mol. The van der Waals surface area contributed by atoms with Gasteiger partial charge in [0.25, 0.3) is 0 Å². The van der Waals surface area contributed by atoms with Gasteiger partial charge in [-0.3, -0.25) is 0 Å². The van der Waals surface area contributed by atoms with Crippen molar-refractivity contribution < 1.29 is 0 Å². The van der Waals surface area contributed by atoms with E-state index >= 15 is 0 Å². The van der Waals surface area contributed by atoms with Gasteiger partial charge in [-0.1, -0.05) is 36.5 Å². The summed E-state index contributed by atoms with van der Waals surface area (Å²) < 4.78 is 0. The molecule has 0 aliphatic heterocycles. The lowest BCUT2D eigenvalue weighted by molar-refractivity contribution is 1.17.